The zero-order chi connectivity index (χ0) is 13.4. The van der Waals surface area contributed by atoms with Crippen LogP contribution in [0.15, 0.2) is 18.5 Å². The van der Waals surface area contributed by atoms with Crippen LogP contribution in [-0.2, 0) is 0 Å². The molecule has 100 valence electrons. The number of hydrogen-bond donors (Lipinski definition) is 1. The Morgan fingerprint density at radius 2 is 2.42 bits per heavy atom. The van der Waals surface area contributed by atoms with Gasteiger partial charge in [-0.2, -0.15) is 5.26 Å². The Kier molecular flexibility index (Phi) is 3.03. The Labute approximate surface area is 112 Å². The van der Waals surface area contributed by atoms with Crippen LogP contribution in [0, 0.1) is 17.2 Å². The largest absolute Gasteiger partial charge is 0.333 e. The van der Waals surface area contributed by atoms with E-state index < -0.39 is 0 Å². The summed E-state index contributed by atoms with van der Waals surface area (Å²) >= 11 is 0. The first kappa shape index (κ1) is 12.2. The number of rotatable bonds is 1. The summed E-state index contributed by atoms with van der Waals surface area (Å²) in [6.45, 7) is 4.36. The van der Waals surface area contributed by atoms with Crippen LogP contribution in [0.4, 0.5) is 4.79 Å². The molecule has 0 radical (unpaired) electrons. The van der Waals surface area contributed by atoms with Gasteiger partial charge in [-0.1, -0.05) is 0 Å². The molecule has 5 heteroatoms. The monoisotopic (exact) mass is 258 g/mol. The van der Waals surface area contributed by atoms with E-state index in [1.54, 1.807) is 18.5 Å². The number of fused-ring (bicyclic) bond motifs is 3. The molecule has 3 saturated heterocycles. The smallest absolute Gasteiger partial charge is 0.325 e. The third kappa shape index (κ3) is 2.24. The zero-order valence-electron chi connectivity index (χ0n) is 11.0. The highest BCUT2D eigenvalue weighted by atomic mass is 16.2. The molecule has 4 atom stereocenters. The first-order chi connectivity index (χ1) is 9.17. The fourth-order valence-electron chi connectivity index (χ4n) is 3.28. The Hall–Kier alpha value is -1.80. The van der Waals surface area contributed by atoms with Gasteiger partial charge >= 0.3 is 6.03 Å². The summed E-state index contributed by atoms with van der Waals surface area (Å²) in [4.78, 5) is 14.6. The lowest BCUT2D eigenvalue weighted by molar-refractivity contribution is 0.0322. The molecular formula is C14H18N4O. The molecule has 3 fully saturated rings. The van der Waals surface area contributed by atoms with Gasteiger partial charge in [0.1, 0.15) is 6.07 Å². The molecule has 3 aliphatic rings. The van der Waals surface area contributed by atoms with Crippen molar-refractivity contribution in [2.24, 2.45) is 5.92 Å². The number of amides is 1. The summed E-state index contributed by atoms with van der Waals surface area (Å²) < 4.78 is 1.46. The molecule has 5 nitrogen and oxygen atoms in total. The molecule has 1 N–H and O–H groups in total. The Bertz CT molecular complexity index is 530. The minimum Gasteiger partial charge on any atom is -0.333 e. The van der Waals surface area contributed by atoms with E-state index in [0.717, 1.165) is 13.1 Å². The van der Waals surface area contributed by atoms with Crippen LogP contribution in [0.25, 0.3) is 0 Å². The molecule has 0 saturated carbocycles. The van der Waals surface area contributed by atoms with Gasteiger partial charge in [-0.25, -0.2) is 4.79 Å². The predicted octanol–water partition coefficient (Wildman–Crippen LogP) is 1.40. The van der Waals surface area contributed by atoms with E-state index in [2.05, 4.69) is 17.1 Å². The second-order valence-corrected chi connectivity index (χ2v) is 5.60. The van der Waals surface area contributed by atoms with Gasteiger partial charge in [0.05, 0.1) is 5.56 Å². The van der Waals surface area contributed by atoms with Crippen LogP contribution >= 0.6 is 0 Å². The van der Waals surface area contributed by atoms with Crippen LogP contribution in [0.5, 0.6) is 0 Å². The van der Waals surface area contributed by atoms with E-state index in [1.165, 1.54) is 17.4 Å². The summed E-state index contributed by atoms with van der Waals surface area (Å²) in [7, 11) is 0. The van der Waals surface area contributed by atoms with Gasteiger partial charge in [0.2, 0.25) is 0 Å². The fraction of sp³-hybridized carbons (Fsp3) is 0.571. The molecule has 0 aromatic carbocycles. The van der Waals surface area contributed by atoms with Gasteiger partial charge in [0.25, 0.3) is 0 Å². The van der Waals surface area contributed by atoms with E-state index in [1.807, 2.05) is 6.07 Å². The third-order valence-corrected chi connectivity index (χ3v) is 4.42. The van der Waals surface area contributed by atoms with E-state index in [0.29, 0.717) is 17.5 Å². The lowest BCUT2D eigenvalue weighted by Gasteiger charge is -2.48. The zero-order valence-corrected chi connectivity index (χ0v) is 11.0. The van der Waals surface area contributed by atoms with Crippen molar-refractivity contribution in [3.8, 4) is 6.07 Å². The van der Waals surface area contributed by atoms with E-state index in [-0.39, 0.29) is 12.1 Å². The van der Waals surface area contributed by atoms with Gasteiger partial charge in [-0.05, 0) is 38.3 Å². The minimum absolute atomic E-state index is 0.132. The number of hydrogen-bond acceptors (Lipinski definition) is 3. The Balaban J connectivity index is 1.66. The lowest BCUT2D eigenvalue weighted by Crippen LogP contribution is -2.60. The molecule has 4 rings (SSSR count). The number of nitrogens with one attached hydrogen (secondary N) is 1. The molecule has 19 heavy (non-hydrogen) atoms. The van der Waals surface area contributed by atoms with Crippen molar-refractivity contribution >= 4 is 6.03 Å². The second-order valence-electron chi connectivity index (χ2n) is 5.60. The first-order valence-corrected chi connectivity index (χ1v) is 6.80. The Morgan fingerprint density at radius 3 is 3.00 bits per heavy atom. The summed E-state index contributed by atoms with van der Waals surface area (Å²) in [5, 5.41) is 11.9. The van der Waals surface area contributed by atoms with Crippen molar-refractivity contribution < 1.29 is 4.79 Å². The maximum atomic E-state index is 12.1. The highest BCUT2D eigenvalue weighted by Crippen LogP contribution is 2.31. The number of aromatic nitrogens is 1. The van der Waals surface area contributed by atoms with Crippen molar-refractivity contribution in [2.75, 3.05) is 13.1 Å². The molecule has 1 amide bonds. The number of nitriles is 1. The van der Waals surface area contributed by atoms with E-state index in [9.17, 15) is 4.79 Å². The van der Waals surface area contributed by atoms with E-state index >= 15 is 0 Å². The van der Waals surface area contributed by atoms with Gasteiger partial charge in [0.15, 0.2) is 0 Å². The van der Waals surface area contributed by atoms with Gasteiger partial charge in [0, 0.05) is 31.0 Å². The first-order valence-electron chi connectivity index (χ1n) is 6.80. The SMILES string of the molecule is CC1CC2CCN1C[C@@H]2NC(=O)n1ccc(C#N)c1. The lowest BCUT2D eigenvalue weighted by atomic mass is 9.80. The topological polar surface area (TPSA) is 61.1 Å². The molecule has 2 bridgehead atoms. The standard InChI is InChI=1S/C14H18N4O/c1-10-6-12-3-5-17(10)9-13(12)16-14(19)18-4-2-11(7-15)8-18/h2,4,8,10,12-13H,3,5-6,9H2,1H3,(H,16,19)/t10?,12?,13-/m0/s1. The number of piperidine rings is 3. The summed E-state index contributed by atoms with van der Waals surface area (Å²) in [5.74, 6) is 0.593. The molecule has 3 aliphatic heterocycles. The average molecular weight is 258 g/mol. The predicted molar refractivity (Wildman–Crippen MR) is 70.6 cm³/mol. The quantitative estimate of drug-likeness (QED) is 0.828. The summed E-state index contributed by atoms with van der Waals surface area (Å²) in [5.41, 5.74) is 0.512. The molecule has 1 aromatic heterocycles. The highest BCUT2D eigenvalue weighted by Gasteiger charge is 2.38. The van der Waals surface area contributed by atoms with Crippen LogP contribution in [0.3, 0.4) is 0 Å². The van der Waals surface area contributed by atoms with Gasteiger partial charge in [-0.15, -0.1) is 0 Å². The number of carbonyl (C=O) groups is 1. The Morgan fingerprint density at radius 1 is 1.58 bits per heavy atom. The van der Waals surface area contributed by atoms with Crippen LogP contribution in [-0.4, -0.2) is 40.7 Å². The molecule has 1 aromatic rings. The summed E-state index contributed by atoms with van der Waals surface area (Å²) in [6.07, 6.45) is 5.54. The second kappa shape index (κ2) is 4.71. The molecule has 4 heterocycles. The van der Waals surface area contributed by atoms with E-state index in [4.69, 9.17) is 5.26 Å². The highest BCUT2D eigenvalue weighted by molar-refractivity contribution is 5.77. The number of nitrogens with zero attached hydrogens (tertiary/aromatic N) is 3. The molecule has 0 aliphatic carbocycles. The van der Waals surface area contributed by atoms with Crippen LogP contribution in [0.1, 0.15) is 25.3 Å². The minimum atomic E-state index is -0.132. The van der Waals surface area contributed by atoms with Crippen molar-refractivity contribution in [1.82, 2.24) is 14.8 Å². The molecular weight excluding hydrogens is 240 g/mol. The maximum Gasteiger partial charge on any atom is 0.325 e. The third-order valence-electron chi connectivity index (χ3n) is 4.42. The van der Waals surface area contributed by atoms with Crippen molar-refractivity contribution in [2.45, 2.75) is 31.8 Å². The molecule has 0 spiro atoms. The van der Waals surface area contributed by atoms with Gasteiger partial charge in [-0.3, -0.25) is 9.47 Å². The normalized spacial score (nSPS) is 32.8. The van der Waals surface area contributed by atoms with Gasteiger partial charge < -0.3 is 5.32 Å². The summed E-state index contributed by atoms with van der Waals surface area (Å²) in [6, 6.07) is 4.43. The van der Waals surface area contributed by atoms with Crippen LogP contribution in [0.2, 0.25) is 0 Å². The molecule has 3 unspecified atom stereocenters. The number of carbonyl (C=O) groups excluding carboxylic acids is 1. The van der Waals surface area contributed by atoms with Crippen molar-refractivity contribution in [3.05, 3.63) is 24.0 Å². The fourth-order valence-corrected chi connectivity index (χ4v) is 3.28. The average Bonchev–Trinajstić information content (AvgIpc) is 2.89. The maximum absolute atomic E-state index is 12.1. The van der Waals surface area contributed by atoms with Crippen molar-refractivity contribution in [3.63, 3.8) is 0 Å². The van der Waals surface area contributed by atoms with Crippen LogP contribution < -0.4 is 5.32 Å². The van der Waals surface area contributed by atoms with Crippen molar-refractivity contribution in [1.29, 1.82) is 5.26 Å².